The Morgan fingerprint density at radius 2 is 2.05 bits per heavy atom. The van der Waals surface area contributed by atoms with Crippen LogP contribution in [0, 0.1) is 12.7 Å². The van der Waals surface area contributed by atoms with E-state index < -0.39 is 15.8 Å². The number of halogens is 3. The molecule has 2 aromatic rings. The molecule has 1 heterocycles. The first-order valence-electron chi connectivity index (χ1n) is 5.61. The summed E-state index contributed by atoms with van der Waals surface area (Å²) in [6.07, 6.45) is 0. The second-order valence-electron chi connectivity index (χ2n) is 4.17. The van der Waals surface area contributed by atoms with Crippen LogP contribution in [0.25, 0.3) is 0 Å². The largest absolute Gasteiger partial charge is 0.396 e. The second kappa shape index (κ2) is 5.78. The SMILES string of the molecule is Cc1nc(NS(=O)(=O)c2cc(N)c(F)cc2Cl)ccc1Br. The lowest BCUT2D eigenvalue weighted by Crippen LogP contribution is -2.15. The zero-order valence-corrected chi connectivity index (χ0v) is 13.9. The Morgan fingerprint density at radius 3 is 2.67 bits per heavy atom. The number of aromatic nitrogens is 1. The molecule has 0 unspecified atom stereocenters. The Balaban J connectivity index is 2.43. The van der Waals surface area contributed by atoms with Crippen LogP contribution in [0.1, 0.15) is 5.69 Å². The molecule has 0 aliphatic rings. The Kier molecular flexibility index (Phi) is 4.40. The van der Waals surface area contributed by atoms with Crippen LogP contribution in [-0.2, 0) is 10.0 Å². The van der Waals surface area contributed by atoms with Gasteiger partial charge in [0.25, 0.3) is 10.0 Å². The predicted octanol–water partition coefficient (Wildman–Crippen LogP) is 3.33. The number of anilines is 2. The summed E-state index contributed by atoms with van der Waals surface area (Å²) in [6, 6.07) is 4.95. The third-order valence-corrected chi connectivity index (χ3v) is 5.26. The lowest BCUT2D eigenvalue weighted by molar-refractivity contribution is 0.600. The number of rotatable bonds is 3. The first kappa shape index (κ1) is 16.0. The number of sulfonamides is 1. The van der Waals surface area contributed by atoms with Crippen molar-refractivity contribution in [3.8, 4) is 0 Å². The van der Waals surface area contributed by atoms with Crippen LogP contribution in [0.2, 0.25) is 5.02 Å². The molecule has 3 N–H and O–H groups in total. The van der Waals surface area contributed by atoms with Gasteiger partial charge in [-0.25, -0.2) is 17.8 Å². The monoisotopic (exact) mass is 393 g/mol. The molecular weight excluding hydrogens is 385 g/mol. The molecule has 0 spiro atoms. The number of hydrogen-bond acceptors (Lipinski definition) is 4. The summed E-state index contributed by atoms with van der Waals surface area (Å²) in [4.78, 5) is 3.75. The van der Waals surface area contributed by atoms with Gasteiger partial charge in [-0.15, -0.1) is 0 Å². The van der Waals surface area contributed by atoms with E-state index in [9.17, 15) is 12.8 Å². The van der Waals surface area contributed by atoms with Crippen LogP contribution in [0.5, 0.6) is 0 Å². The molecule has 1 aromatic heterocycles. The quantitative estimate of drug-likeness (QED) is 0.782. The van der Waals surface area contributed by atoms with E-state index in [0.717, 1.165) is 16.6 Å². The standard InChI is InChI=1S/C12H10BrClFN3O2S/c1-6-7(13)2-3-12(17-6)18-21(19,20)11-5-10(16)9(15)4-8(11)14/h2-5H,16H2,1H3,(H,17,18). The topological polar surface area (TPSA) is 85.1 Å². The molecule has 0 atom stereocenters. The van der Waals surface area contributed by atoms with E-state index in [0.29, 0.717) is 5.69 Å². The van der Waals surface area contributed by atoms with E-state index in [-0.39, 0.29) is 21.4 Å². The van der Waals surface area contributed by atoms with Gasteiger partial charge < -0.3 is 5.73 Å². The highest BCUT2D eigenvalue weighted by molar-refractivity contribution is 9.10. The Morgan fingerprint density at radius 1 is 1.38 bits per heavy atom. The zero-order valence-electron chi connectivity index (χ0n) is 10.7. The number of pyridine rings is 1. The van der Waals surface area contributed by atoms with Crippen molar-refractivity contribution in [3.63, 3.8) is 0 Å². The average molecular weight is 395 g/mol. The van der Waals surface area contributed by atoms with Crippen molar-refractivity contribution in [1.29, 1.82) is 0 Å². The molecule has 112 valence electrons. The minimum atomic E-state index is -4.02. The predicted molar refractivity (Wildman–Crippen MR) is 83.3 cm³/mol. The van der Waals surface area contributed by atoms with Gasteiger partial charge in [0.2, 0.25) is 0 Å². The van der Waals surface area contributed by atoms with Crippen molar-refractivity contribution in [3.05, 3.63) is 45.3 Å². The summed E-state index contributed by atoms with van der Waals surface area (Å²) >= 11 is 9.03. The van der Waals surface area contributed by atoms with Crippen LogP contribution in [0.3, 0.4) is 0 Å². The third-order valence-electron chi connectivity index (χ3n) is 2.60. The molecule has 9 heteroatoms. The molecule has 2 rings (SSSR count). The molecule has 5 nitrogen and oxygen atoms in total. The summed E-state index contributed by atoms with van der Waals surface area (Å²) < 4.78 is 40.8. The van der Waals surface area contributed by atoms with E-state index in [1.807, 2.05) is 0 Å². The summed E-state index contributed by atoms with van der Waals surface area (Å²) in [5.74, 6) is -0.661. The van der Waals surface area contributed by atoms with Crippen molar-refractivity contribution in [1.82, 2.24) is 4.98 Å². The summed E-state index contributed by atoms with van der Waals surface area (Å²) in [5.41, 5.74) is 5.68. The zero-order chi connectivity index (χ0) is 15.8. The van der Waals surface area contributed by atoms with Gasteiger partial charge in [-0.2, -0.15) is 0 Å². The number of nitrogen functional groups attached to an aromatic ring is 1. The molecule has 0 saturated heterocycles. The minimum Gasteiger partial charge on any atom is -0.396 e. The van der Waals surface area contributed by atoms with Gasteiger partial charge in [0, 0.05) is 4.47 Å². The number of nitrogens with one attached hydrogen (secondary N) is 1. The fourth-order valence-electron chi connectivity index (χ4n) is 1.54. The molecule has 0 saturated carbocycles. The Labute approximate surface area is 134 Å². The van der Waals surface area contributed by atoms with Gasteiger partial charge in [0.1, 0.15) is 16.5 Å². The molecule has 0 radical (unpaired) electrons. The highest BCUT2D eigenvalue weighted by atomic mass is 79.9. The van der Waals surface area contributed by atoms with Gasteiger partial charge in [-0.1, -0.05) is 11.6 Å². The second-order valence-corrected chi connectivity index (χ2v) is 7.09. The van der Waals surface area contributed by atoms with E-state index in [4.69, 9.17) is 17.3 Å². The molecule has 0 aliphatic heterocycles. The third kappa shape index (κ3) is 3.45. The van der Waals surface area contributed by atoms with Crippen LogP contribution < -0.4 is 10.5 Å². The van der Waals surface area contributed by atoms with Crippen molar-refractivity contribution in [2.24, 2.45) is 0 Å². The fourth-order valence-corrected chi connectivity index (χ4v) is 3.32. The van der Waals surface area contributed by atoms with Gasteiger partial charge in [0.15, 0.2) is 0 Å². The minimum absolute atomic E-state index is 0.120. The Hall–Kier alpha value is -1.38. The highest BCUT2D eigenvalue weighted by Crippen LogP contribution is 2.28. The fraction of sp³-hybridized carbons (Fsp3) is 0.0833. The number of nitrogens with zero attached hydrogens (tertiary/aromatic N) is 1. The normalized spacial score (nSPS) is 11.4. The van der Waals surface area contributed by atoms with Crippen LogP contribution >= 0.6 is 27.5 Å². The molecule has 0 fully saturated rings. The van der Waals surface area contributed by atoms with Crippen molar-refractivity contribution >= 4 is 49.1 Å². The van der Waals surface area contributed by atoms with Gasteiger partial charge in [-0.05, 0) is 47.1 Å². The van der Waals surface area contributed by atoms with E-state index in [1.54, 1.807) is 13.0 Å². The van der Waals surface area contributed by atoms with E-state index in [1.165, 1.54) is 6.07 Å². The summed E-state index contributed by atoms with van der Waals surface area (Å²) in [7, 11) is -4.02. The average Bonchev–Trinajstić information content (AvgIpc) is 2.37. The van der Waals surface area contributed by atoms with Gasteiger partial charge >= 0.3 is 0 Å². The molecule has 21 heavy (non-hydrogen) atoms. The lowest BCUT2D eigenvalue weighted by atomic mass is 10.3. The lowest BCUT2D eigenvalue weighted by Gasteiger charge is -2.10. The maximum Gasteiger partial charge on any atom is 0.264 e. The Bertz CT molecular complexity index is 814. The van der Waals surface area contributed by atoms with Gasteiger partial charge in [-0.3, -0.25) is 4.72 Å². The van der Waals surface area contributed by atoms with Crippen LogP contribution in [-0.4, -0.2) is 13.4 Å². The summed E-state index contributed by atoms with van der Waals surface area (Å²) in [5, 5.41) is -0.261. The molecular formula is C12H10BrClFN3O2S. The number of nitrogens with two attached hydrogens (primary N) is 1. The summed E-state index contributed by atoms with van der Waals surface area (Å²) in [6.45, 7) is 1.71. The first-order valence-corrected chi connectivity index (χ1v) is 8.26. The first-order chi connectivity index (χ1) is 9.70. The molecule has 0 aliphatic carbocycles. The van der Waals surface area contributed by atoms with E-state index in [2.05, 4.69) is 25.6 Å². The smallest absolute Gasteiger partial charge is 0.264 e. The van der Waals surface area contributed by atoms with Gasteiger partial charge in [0.05, 0.1) is 16.4 Å². The number of hydrogen-bond donors (Lipinski definition) is 2. The number of aryl methyl sites for hydroxylation is 1. The van der Waals surface area contributed by atoms with Crippen molar-refractivity contribution < 1.29 is 12.8 Å². The maximum absolute atomic E-state index is 13.2. The van der Waals surface area contributed by atoms with Crippen LogP contribution in [0.15, 0.2) is 33.6 Å². The molecule has 1 aromatic carbocycles. The number of benzene rings is 1. The highest BCUT2D eigenvalue weighted by Gasteiger charge is 2.21. The molecule has 0 bridgehead atoms. The van der Waals surface area contributed by atoms with E-state index >= 15 is 0 Å². The van der Waals surface area contributed by atoms with Crippen molar-refractivity contribution in [2.45, 2.75) is 11.8 Å². The maximum atomic E-state index is 13.2. The van der Waals surface area contributed by atoms with Crippen molar-refractivity contribution in [2.75, 3.05) is 10.5 Å². The van der Waals surface area contributed by atoms with Crippen LogP contribution in [0.4, 0.5) is 15.9 Å². The molecule has 0 amide bonds.